The zero-order valence-electron chi connectivity index (χ0n) is 12.6. The number of hydrogen-bond acceptors (Lipinski definition) is 3. The molecule has 1 unspecified atom stereocenters. The Bertz CT molecular complexity index is 600. The third kappa shape index (κ3) is 4.35. The van der Waals surface area contributed by atoms with Crippen molar-refractivity contribution in [2.45, 2.75) is 33.2 Å². The second kappa shape index (κ2) is 6.24. The molecular weight excluding hydrogens is 304 g/mol. The molecule has 0 bridgehead atoms. The summed E-state index contributed by atoms with van der Waals surface area (Å²) in [7, 11) is 0. The predicted molar refractivity (Wildman–Crippen MR) is 91.5 cm³/mol. The van der Waals surface area contributed by atoms with E-state index in [2.05, 4.69) is 37.2 Å². The molecule has 5 heteroatoms. The van der Waals surface area contributed by atoms with E-state index >= 15 is 0 Å². The molecule has 1 aliphatic rings. The molecule has 0 aromatic heterocycles. The third-order valence-electron chi connectivity index (χ3n) is 2.99. The number of carbonyl (C=O) groups excluding carboxylic acids is 1. The zero-order chi connectivity index (χ0) is 15.6. The number of aliphatic imine (C=N–C) groups is 1. The van der Waals surface area contributed by atoms with Crippen LogP contribution in [0.3, 0.4) is 0 Å². The lowest BCUT2D eigenvalue weighted by Crippen LogP contribution is -2.33. The van der Waals surface area contributed by atoms with Crippen molar-refractivity contribution in [1.29, 1.82) is 0 Å². The number of rotatable bonds is 2. The summed E-state index contributed by atoms with van der Waals surface area (Å²) in [5.41, 5.74) is 1.70. The topological polar surface area (TPSA) is 41.5 Å². The number of benzene rings is 1. The van der Waals surface area contributed by atoms with Crippen LogP contribution in [0.1, 0.15) is 33.3 Å². The molecule has 0 spiro atoms. The summed E-state index contributed by atoms with van der Waals surface area (Å²) in [6.07, 6.45) is 2.09. The fourth-order valence-corrected chi connectivity index (χ4v) is 3.09. The van der Waals surface area contributed by atoms with E-state index in [1.165, 1.54) is 18.7 Å². The molecular formula is C16H19ClN2OS. The second-order valence-electron chi connectivity index (χ2n) is 5.95. The Kier molecular flexibility index (Phi) is 4.79. The minimum Gasteiger partial charge on any atom is -0.326 e. The fraction of sp³-hybridized carbons (Fsp3) is 0.375. The standard InChI is InChI=1S/C16H19ClN2OS/c1-10(20)18-15-19-14(16(2,3)4)9-13(21-15)11-5-7-12(17)8-6-11/h5-9,15H,1-4H3,(H,18,20). The van der Waals surface area contributed by atoms with Crippen LogP contribution in [0.15, 0.2) is 35.3 Å². The van der Waals surface area contributed by atoms with E-state index in [-0.39, 0.29) is 16.8 Å². The van der Waals surface area contributed by atoms with Gasteiger partial charge in [0, 0.05) is 28.0 Å². The Hall–Kier alpha value is -1.26. The number of halogens is 1. The number of nitrogens with zero attached hydrogens (tertiary/aromatic N) is 1. The molecule has 0 fully saturated rings. The van der Waals surface area contributed by atoms with Gasteiger partial charge in [-0.1, -0.05) is 56.3 Å². The van der Waals surface area contributed by atoms with Gasteiger partial charge in [-0.15, -0.1) is 0 Å². The minimum atomic E-state index is -0.285. The van der Waals surface area contributed by atoms with E-state index < -0.39 is 0 Å². The summed E-state index contributed by atoms with van der Waals surface area (Å²) in [6.45, 7) is 7.85. The van der Waals surface area contributed by atoms with Crippen LogP contribution in [0.5, 0.6) is 0 Å². The number of nitrogens with one attached hydrogen (secondary N) is 1. The van der Waals surface area contributed by atoms with Gasteiger partial charge in [0.2, 0.25) is 5.91 Å². The average Bonchev–Trinajstić information content (AvgIpc) is 2.37. The van der Waals surface area contributed by atoms with Gasteiger partial charge in [0.1, 0.15) is 0 Å². The highest BCUT2D eigenvalue weighted by Gasteiger charge is 2.25. The lowest BCUT2D eigenvalue weighted by atomic mass is 9.89. The van der Waals surface area contributed by atoms with E-state index in [0.717, 1.165) is 16.2 Å². The van der Waals surface area contributed by atoms with Gasteiger partial charge in [0.05, 0.1) is 0 Å². The van der Waals surface area contributed by atoms with Gasteiger partial charge in [-0.25, -0.2) is 0 Å². The van der Waals surface area contributed by atoms with E-state index in [1.807, 2.05) is 24.3 Å². The van der Waals surface area contributed by atoms with Crippen molar-refractivity contribution in [3.8, 4) is 0 Å². The Balaban J connectivity index is 2.36. The summed E-state index contributed by atoms with van der Waals surface area (Å²) in [6, 6.07) is 7.71. The molecule has 1 N–H and O–H groups in total. The molecule has 0 aliphatic carbocycles. The molecule has 1 atom stereocenters. The van der Waals surface area contributed by atoms with Crippen LogP contribution in [-0.4, -0.2) is 17.1 Å². The number of amides is 1. The van der Waals surface area contributed by atoms with Crippen molar-refractivity contribution in [2.75, 3.05) is 0 Å². The normalized spacial score (nSPS) is 18.8. The van der Waals surface area contributed by atoms with Gasteiger partial charge in [0.15, 0.2) is 5.50 Å². The summed E-state index contributed by atoms with van der Waals surface area (Å²) in [5.74, 6) is -0.0816. The molecule has 0 saturated heterocycles. The first-order chi connectivity index (χ1) is 9.75. The molecule has 0 saturated carbocycles. The Morgan fingerprint density at radius 3 is 2.43 bits per heavy atom. The average molecular weight is 323 g/mol. The quantitative estimate of drug-likeness (QED) is 0.880. The first-order valence-electron chi connectivity index (χ1n) is 6.75. The first kappa shape index (κ1) is 16.1. The lowest BCUT2D eigenvalue weighted by molar-refractivity contribution is -0.119. The zero-order valence-corrected chi connectivity index (χ0v) is 14.2. The molecule has 0 radical (unpaired) electrons. The summed E-state index contributed by atoms with van der Waals surface area (Å²) in [5, 5.41) is 3.58. The number of allylic oxidation sites excluding steroid dienone is 1. The van der Waals surface area contributed by atoms with Crippen molar-refractivity contribution in [3.63, 3.8) is 0 Å². The molecule has 1 aromatic carbocycles. The lowest BCUT2D eigenvalue weighted by Gasteiger charge is -2.27. The van der Waals surface area contributed by atoms with Gasteiger partial charge >= 0.3 is 0 Å². The smallest absolute Gasteiger partial charge is 0.219 e. The maximum Gasteiger partial charge on any atom is 0.219 e. The van der Waals surface area contributed by atoms with Crippen LogP contribution in [0.2, 0.25) is 5.02 Å². The minimum absolute atomic E-state index is 0.0740. The van der Waals surface area contributed by atoms with Crippen LogP contribution >= 0.6 is 23.4 Å². The Morgan fingerprint density at radius 1 is 1.29 bits per heavy atom. The molecule has 3 nitrogen and oxygen atoms in total. The van der Waals surface area contributed by atoms with Crippen LogP contribution in [0.25, 0.3) is 4.91 Å². The van der Waals surface area contributed by atoms with E-state index in [4.69, 9.17) is 11.6 Å². The predicted octanol–water partition coefficient (Wildman–Crippen LogP) is 4.33. The molecule has 1 aromatic rings. The molecule has 1 aliphatic heterocycles. The largest absolute Gasteiger partial charge is 0.326 e. The van der Waals surface area contributed by atoms with Crippen molar-refractivity contribution >= 4 is 39.9 Å². The highest BCUT2D eigenvalue weighted by atomic mass is 35.5. The highest BCUT2D eigenvalue weighted by Crippen LogP contribution is 2.37. The van der Waals surface area contributed by atoms with Crippen LogP contribution in [0, 0.1) is 5.41 Å². The van der Waals surface area contributed by atoms with Crippen molar-refractivity contribution in [3.05, 3.63) is 40.9 Å². The first-order valence-corrected chi connectivity index (χ1v) is 8.01. The number of thioether (sulfide) groups is 1. The summed E-state index contributed by atoms with van der Waals surface area (Å²) < 4.78 is 0. The van der Waals surface area contributed by atoms with Gasteiger partial charge in [-0.05, 0) is 23.8 Å². The third-order valence-corrected chi connectivity index (χ3v) is 4.29. The monoisotopic (exact) mass is 322 g/mol. The molecule has 1 amide bonds. The van der Waals surface area contributed by atoms with Crippen molar-refractivity contribution < 1.29 is 4.79 Å². The summed E-state index contributed by atoms with van der Waals surface area (Å²) >= 11 is 7.48. The van der Waals surface area contributed by atoms with Gasteiger partial charge in [-0.3, -0.25) is 9.79 Å². The Morgan fingerprint density at radius 2 is 1.90 bits per heavy atom. The van der Waals surface area contributed by atoms with E-state index in [1.54, 1.807) is 0 Å². The maximum atomic E-state index is 11.3. The summed E-state index contributed by atoms with van der Waals surface area (Å²) in [4.78, 5) is 17.0. The van der Waals surface area contributed by atoms with Crippen LogP contribution in [-0.2, 0) is 4.79 Å². The van der Waals surface area contributed by atoms with E-state index in [9.17, 15) is 4.79 Å². The van der Waals surface area contributed by atoms with Crippen LogP contribution < -0.4 is 5.32 Å². The fourth-order valence-electron chi connectivity index (χ4n) is 1.88. The molecule has 2 rings (SSSR count). The van der Waals surface area contributed by atoms with E-state index in [0.29, 0.717) is 5.02 Å². The SMILES string of the molecule is CC(=O)NC1N=C(C(C)(C)C)C=C(c2ccc(Cl)cc2)S1. The van der Waals surface area contributed by atoms with Crippen LogP contribution in [0.4, 0.5) is 0 Å². The Labute approximate surface area is 134 Å². The highest BCUT2D eigenvalue weighted by molar-refractivity contribution is 8.08. The maximum absolute atomic E-state index is 11.3. The molecule has 112 valence electrons. The molecule has 21 heavy (non-hydrogen) atoms. The van der Waals surface area contributed by atoms with Crippen molar-refractivity contribution in [2.24, 2.45) is 10.4 Å². The van der Waals surface area contributed by atoms with Gasteiger partial charge in [0.25, 0.3) is 0 Å². The van der Waals surface area contributed by atoms with Gasteiger partial charge < -0.3 is 5.32 Å². The second-order valence-corrected chi connectivity index (χ2v) is 7.51. The van der Waals surface area contributed by atoms with Crippen molar-refractivity contribution in [1.82, 2.24) is 5.32 Å². The van der Waals surface area contributed by atoms with Gasteiger partial charge in [-0.2, -0.15) is 0 Å². The number of hydrogen-bond donors (Lipinski definition) is 1. The number of carbonyl (C=O) groups is 1. The molecule has 1 heterocycles.